The van der Waals surface area contributed by atoms with E-state index in [4.69, 9.17) is 5.73 Å². The first-order valence-electron chi connectivity index (χ1n) is 5.75. The Bertz CT molecular complexity index is 429. The maximum absolute atomic E-state index is 12.3. The fourth-order valence-electron chi connectivity index (χ4n) is 1.91. The number of carbonyl (C=O) groups excluding carboxylic acids is 1. The van der Waals surface area contributed by atoms with E-state index >= 15 is 0 Å². The monoisotopic (exact) mass is 332 g/mol. The average molecular weight is 334 g/mol. The van der Waals surface area contributed by atoms with E-state index < -0.39 is 5.54 Å². The smallest absolute Gasteiger partial charge is 0.246 e. The summed E-state index contributed by atoms with van der Waals surface area (Å²) in [6.45, 7) is 1.78. The molecule has 0 aliphatic heterocycles. The van der Waals surface area contributed by atoms with Gasteiger partial charge in [0.2, 0.25) is 5.91 Å². The number of rotatable bonds is 3. The van der Waals surface area contributed by atoms with Crippen LogP contribution in [0.15, 0.2) is 28.7 Å². The summed E-state index contributed by atoms with van der Waals surface area (Å²) >= 11 is 3.38. The summed E-state index contributed by atoms with van der Waals surface area (Å²) in [5, 5.41) is 0. The van der Waals surface area contributed by atoms with Crippen molar-refractivity contribution in [3.8, 4) is 0 Å². The number of nitrogens with two attached hydrogens (primary N) is 1. The van der Waals surface area contributed by atoms with Crippen molar-refractivity contribution >= 4 is 34.2 Å². The summed E-state index contributed by atoms with van der Waals surface area (Å²) in [5.41, 5.74) is 6.09. The van der Waals surface area contributed by atoms with Crippen LogP contribution >= 0.6 is 28.3 Å². The third-order valence-corrected chi connectivity index (χ3v) is 3.83. The second-order valence-electron chi connectivity index (χ2n) is 4.86. The summed E-state index contributed by atoms with van der Waals surface area (Å²) in [6.07, 6.45) is 2.19. The van der Waals surface area contributed by atoms with Crippen LogP contribution in [0.5, 0.6) is 0 Å². The lowest BCUT2D eigenvalue weighted by Gasteiger charge is -2.29. The van der Waals surface area contributed by atoms with Crippen molar-refractivity contribution < 1.29 is 4.79 Å². The van der Waals surface area contributed by atoms with E-state index in [2.05, 4.69) is 15.9 Å². The highest BCUT2D eigenvalue weighted by atomic mass is 79.9. The summed E-state index contributed by atoms with van der Waals surface area (Å²) in [6, 6.07) is 7.99. The molecule has 2 rings (SSSR count). The van der Waals surface area contributed by atoms with Gasteiger partial charge in [-0.25, -0.2) is 0 Å². The van der Waals surface area contributed by atoms with E-state index in [1.54, 1.807) is 11.8 Å². The molecule has 100 valence electrons. The van der Waals surface area contributed by atoms with Crippen molar-refractivity contribution in [2.75, 3.05) is 7.05 Å². The van der Waals surface area contributed by atoms with Crippen LogP contribution < -0.4 is 5.73 Å². The molecule has 0 aromatic heterocycles. The zero-order chi connectivity index (χ0) is 12.6. The Morgan fingerprint density at radius 2 is 1.89 bits per heavy atom. The quantitative estimate of drug-likeness (QED) is 0.924. The Kier molecular flexibility index (Phi) is 4.81. The van der Waals surface area contributed by atoms with Gasteiger partial charge in [-0.3, -0.25) is 4.79 Å². The first-order chi connectivity index (χ1) is 7.93. The average Bonchev–Trinajstić information content (AvgIpc) is 3.11. The van der Waals surface area contributed by atoms with Crippen LogP contribution in [-0.4, -0.2) is 23.9 Å². The van der Waals surface area contributed by atoms with E-state index in [1.807, 2.05) is 31.3 Å². The molecule has 0 bridgehead atoms. The molecule has 1 saturated carbocycles. The molecular formula is C13H18BrClN2O. The van der Waals surface area contributed by atoms with Crippen LogP contribution in [0.2, 0.25) is 0 Å². The van der Waals surface area contributed by atoms with Crippen molar-refractivity contribution in [2.24, 2.45) is 5.73 Å². The second kappa shape index (κ2) is 5.59. The number of benzene rings is 1. The standard InChI is InChI=1S/C13H17BrN2O.ClH/c1-13(15,9-3-5-10(14)6-4-9)12(17)16(2)11-7-8-11;/h3-6,11H,7-8,15H2,1-2H3;1H. The molecule has 0 radical (unpaired) electrons. The molecule has 1 aliphatic carbocycles. The van der Waals surface area contributed by atoms with Gasteiger partial charge in [0.25, 0.3) is 0 Å². The SMILES string of the molecule is CN(C(=O)C(C)(N)c1ccc(Br)cc1)C1CC1.Cl. The molecule has 18 heavy (non-hydrogen) atoms. The fraction of sp³-hybridized carbons (Fsp3) is 0.462. The van der Waals surface area contributed by atoms with Gasteiger partial charge >= 0.3 is 0 Å². The number of amides is 1. The Labute approximate surface area is 122 Å². The first kappa shape index (κ1) is 15.5. The molecule has 1 amide bonds. The summed E-state index contributed by atoms with van der Waals surface area (Å²) in [7, 11) is 1.84. The summed E-state index contributed by atoms with van der Waals surface area (Å²) in [4.78, 5) is 14.1. The van der Waals surface area contributed by atoms with Gasteiger partial charge < -0.3 is 10.6 Å². The van der Waals surface area contributed by atoms with E-state index in [0.29, 0.717) is 6.04 Å². The number of nitrogens with zero attached hydrogens (tertiary/aromatic N) is 1. The van der Waals surface area contributed by atoms with Gasteiger partial charge in [-0.05, 0) is 37.5 Å². The van der Waals surface area contributed by atoms with Gasteiger partial charge in [0.15, 0.2) is 0 Å². The summed E-state index contributed by atoms with van der Waals surface area (Å²) < 4.78 is 0.986. The highest BCUT2D eigenvalue weighted by molar-refractivity contribution is 9.10. The molecule has 1 atom stereocenters. The van der Waals surface area contributed by atoms with Gasteiger partial charge in [-0.1, -0.05) is 28.1 Å². The van der Waals surface area contributed by atoms with Crippen LogP contribution in [0.4, 0.5) is 0 Å². The second-order valence-corrected chi connectivity index (χ2v) is 5.77. The normalized spacial score (nSPS) is 17.6. The molecule has 0 heterocycles. The Hall–Kier alpha value is -0.580. The highest BCUT2D eigenvalue weighted by Gasteiger charge is 2.38. The minimum Gasteiger partial charge on any atom is -0.341 e. The number of carbonyl (C=O) groups is 1. The topological polar surface area (TPSA) is 46.3 Å². The number of halogens is 2. The predicted molar refractivity (Wildman–Crippen MR) is 78.7 cm³/mol. The third kappa shape index (κ3) is 3.05. The molecule has 1 aromatic rings. The van der Waals surface area contributed by atoms with Crippen LogP contribution in [0.1, 0.15) is 25.3 Å². The van der Waals surface area contributed by atoms with E-state index in [9.17, 15) is 4.79 Å². The Balaban J connectivity index is 0.00000162. The Morgan fingerprint density at radius 1 is 1.39 bits per heavy atom. The fourth-order valence-corrected chi connectivity index (χ4v) is 2.18. The molecule has 2 N–H and O–H groups in total. The minimum atomic E-state index is -0.946. The molecule has 0 spiro atoms. The molecule has 1 aromatic carbocycles. The van der Waals surface area contributed by atoms with Crippen LogP contribution in [0.25, 0.3) is 0 Å². The molecular weight excluding hydrogens is 316 g/mol. The molecule has 0 saturated heterocycles. The molecule has 1 fully saturated rings. The van der Waals surface area contributed by atoms with Crippen LogP contribution in [0.3, 0.4) is 0 Å². The van der Waals surface area contributed by atoms with Crippen molar-refractivity contribution in [1.82, 2.24) is 4.90 Å². The predicted octanol–water partition coefficient (Wildman–Crippen LogP) is 2.67. The number of hydrogen-bond donors (Lipinski definition) is 1. The lowest BCUT2D eigenvalue weighted by molar-refractivity contribution is -0.135. The maximum Gasteiger partial charge on any atom is 0.246 e. The highest BCUT2D eigenvalue weighted by Crippen LogP contribution is 2.30. The third-order valence-electron chi connectivity index (χ3n) is 3.30. The van der Waals surface area contributed by atoms with Crippen molar-refractivity contribution in [3.05, 3.63) is 34.3 Å². The number of likely N-dealkylation sites (N-methyl/N-ethyl adjacent to an activating group) is 1. The summed E-state index contributed by atoms with van der Waals surface area (Å²) in [5.74, 6) is -0.0117. The van der Waals surface area contributed by atoms with Crippen molar-refractivity contribution in [2.45, 2.75) is 31.3 Å². The first-order valence-corrected chi connectivity index (χ1v) is 6.54. The van der Waals surface area contributed by atoms with Crippen LogP contribution in [0, 0.1) is 0 Å². The lowest BCUT2D eigenvalue weighted by atomic mass is 9.92. The van der Waals surface area contributed by atoms with Gasteiger partial charge in [-0.15, -0.1) is 12.4 Å². The zero-order valence-electron chi connectivity index (χ0n) is 10.5. The van der Waals surface area contributed by atoms with Crippen molar-refractivity contribution in [3.63, 3.8) is 0 Å². The van der Waals surface area contributed by atoms with Crippen molar-refractivity contribution in [1.29, 1.82) is 0 Å². The van der Waals surface area contributed by atoms with Gasteiger partial charge in [0, 0.05) is 17.6 Å². The van der Waals surface area contributed by atoms with Gasteiger partial charge in [-0.2, -0.15) is 0 Å². The van der Waals surface area contributed by atoms with Gasteiger partial charge in [0.1, 0.15) is 5.54 Å². The largest absolute Gasteiger partial charge is 0.341 e. The molecule has 1 unspecified atom stereocenters. The van der Waals surface area contributed by atoms with E-state index in [1.165, 1.54) is 0 Å². The van der Waals surface area contributed by atoms with E-state index in [0.717, 1.165) is 22.9 Å². The lowest BCUT2D eigenvalue weighted by Crippen LogP contribution is -2.50. The van der Waals surface area contributed by atoms with Crippen LogP contribution in [-0.2, 0) is 10.3 Å². The molecule has 5 heteroatoms. The minimum absolute atomic E-state index is 0. The molecule has 1 aliphatic rings. The van der Waals surface area contributed by atoms with Gasteiger partial charge in [0.05, 0.1) is 0 Å². The zero-order valence-corrected chi connectivity index (χ0v) is 12.9. The molecule has 3 nitrogen and oxygen atoms in total. The maximum atomic E-state index is 12.3. The number of hydrogen-bond acceptors (Lipinski definition) is 2. The Morgan fingerprint density at radius 3 is 2.33 bits per heavy atom. The van der Waals surface area contributed by atoms with E-state index in [-0.39, 0.29) is 18.3 Å².